The van der Waals surface area contributed by atoms with Crippen LogP contribution in [0.1, 0.15) is 20.3 Å². The van der Waals surface area contributed by atoms with Gasteiger partial charge in [-0.25, -0.2) is 4.79 Å². The van der Waals surface area contributed by atoms with Crippen LogP contribution < -0.4 is 0 Å². The van der Waals surface area contributed by atoms with Crippen LogP contribution in [0, 0.1) is 0 Å². The maximum atomic E-state index is 12.0. The van der Waals surface area contributed by atoms with Gasteiger partial charge in [0.25, 0.3) is 0 Å². The second kappa shape index (κ2) is 7.04. The zero-order valence-electron chi connectivity index (χ0n) is 10.4. The molecule has 1 aliphatic heterocycles. The van der Waals surface area contributed by atoms with Crippen LogP contribution >= 0.6 is 23.5 Å². The van der Waals surface area contributed by atoms with E-state index in [-0.39, 0.29) is 23.5 Å². The summed E-state index contributed by atoms with van der Waals surface area (Å²) in [6, 6.07) is -0.812. The molecule has 102 valence electrons. The molecule has 0 aromatic carbocycles. The van der Waals surface area contributed by atoms with E-state index in [1.54, 1.807) is 11.8 Å². The summed E-state index contributed by atoms with van der Waals surface area (Å²) in [5.74, 6) is 0.475. The van der Waals surface area contributed by atoms with Crippen molar-refractivity contribution < 1.29 is 19.5 Å². The number of aliphatic carboxylic acids is 1. The Morgan fingerprint density at radius 1 is 1.39 bits per heavy atom. The molecule has 1 saturated heterocycles. The SMILES string of the molecule is CC(=O)SCCC(=O)N1C(C)CSCC1C(=O)O. The second-order valence-electron chi connectivity index (χ2n) is 4.13. The molecule has 0 aliphatic carbocycles. The van der Waals surface area contributed by atoms with E-state index in [9.17, 15) is 14.4 Å². The summed E-state index contributed by atoms with van der Waals surface area (Å²) in [5, 5.41) is 9.09. The summed E-state index contributed by atoms with van der Waals surface area (Å²) in [6.07, 6.45) is 0.211. The Morgan fingerprint density at radius 3 is 2.61 bits per heavy atom. The van der Waals surface area contributed by atoms with Crippen molar-refractivity contribution in [3.05, 3.63) is 0 Å². The summed E-state index contributed by atoms with van der Waals surface area (Å²) in [4.78, 5) is 35.4. The van der Waals surface area contributed by atoms with Gasteiger partial charge in [-0.15, -0.1) is 0 Å². The summed E-state index contributed by atoms with van der Waals surface area (Å²) in [7, 11) is 0. The Labute approximate surface area is 115 Å². The van der Waals surface area contributed by atoms with Crippen LogP contribution in [0.3, 0.4) is 0 Å². The summed E-state index contributed by atoms with van der Waals surface area (Å²) < 4.78 is 0. The van der Waals surface area contributed by atoms with Crippen LogP contribution in [-0.2, 0) is 14.4 Å². The summed E-state index contributed by atoms with van der Waals surface area (Å²) in [6.45, 7) is 3.31. The third kappa shape index (κ3) is 4.20. The Bertz CT molecular complexity index is 348. The third-order valence-electron chi connectivity index (χ3n) is 2.64. The normalized spacial score (nSPS) is 23.8. The quantitative estimate of drug-likeness (QED) is 0.835. The fourth-order valence-corrected chi connectivity index (χ4v) is 3.57. The van der Waals surface area contributed by atoms with Crippen molar-refractivity contribution in [1.29, 1.82) is 0 Å². The van der Waals surface area contributed by atoms with Gasteiger partial charge in [0.1, 0.15) is 6.04 Å². The first kappa shape index (κ1) is 15.4. The average Bonchev–Trinajstić information content (AvgIpc) is 2.27. The molecule has 1 amide bonds. The standard InChI is InChI=1S/C11H17NO4S2/c1-7-5-17-6-9(11(15)16)12(7)10(14)3-4-18-8(2)13/h7,9H,3-6H2,1-2H3,(H,15,16). The summed E-state index contributed by atoms with van der Waals surface area (Å²) >= 11 is 2.65. The lowest BCUT2D eigenvalue weighted by atomic mass is 10.2. The number of carboxylic acids is 1. The van der Waals surface area contributed by atoms with Gasteiger partial charge in [0.2, 0.25) is 5.91 Å². The molecule has 0 aromatic heterocycles. The zero-order valence-corrected chi connectivity index (χ0v) is 12.1. The monoisotopic (exact) mass is 291 g/mol. The number of carbonyl (C=O) groups is 3. The molecule has 0 aromatic rings. The van der Waals surface area contributed by atoms with Crippen molar-refractivity contribution in [1.82, 2.24) is 4.90 Å². The molecule has 1 fully saturated rings. The van der Waals surface area contributed by atoms with Gasteiger partial charge in [0, 0.05) is 36.6 Å². The van der Waals surface area contributed by atoms with Crippen molar-refractivity contribution >= 4 is 40.5 Å². The topological polar surface area (TPSA) is 74.7 Å². The minimum absolute atomic E-state index is 0.0279. The van der Waals surface area contributed by atoms with Crippen LogP contribution in [0.15, 0.2) is 0 Å². The van der Waals surface area contributed by atoms with E-state index in [1.807, 2.05) is 6.92 Å². The molecule has 1 aliphatic rings. The molecule has 0 saturated carbocycles. The predicted molar refractivity (Wildman–Crippen MR) is 72.8 cm³/mol. The Morgan fingerprint density at radius 2 is 2.06 bits per heavy atom. The van der Waals surface area contributed by atoms with Crippen molar-refractivity contribution in [3.8, 4) is 0 Å². The Hall–Kier alpha value is -0.690. The molecule has 2 atom stereocenters. The van der Waals surface area contributed by atoms with Crippen LogP contribution in [0.5, 0.6) is 0 Å². The average molecular weight is 291 g/mol. The molecule has 1 N–H and O–H groups in total. The zero-order chi connectivity index (χ0) is 13.7. The molecular formula is C11H17NO4S2. The third-order valence-corrected chi connectivity index (χ3v) is 4.72. The highest BCUT2D eigenvalue weighted by atomic mass is 32.2. The van der Waals surface area contributed by atoms with Gasteiger partial charge in [-0.2, -0.15) is 11.8 Å². The van der Waals surface area contributed by atoms with E-state index >= 15 is 0 Å². The van der Waals surface area contributed by atoms with E-state index < -0.39 is 12.0 Å². The minimum Gasteiger partial charge on any atom is -0.480 e. The van der Waals surface area contributed by atoms with Gasteiger partial charge in [-0.05, 0) is 6.92 Å². The molecule has 0 spiro atoms. The fourth-order valence-electron chi connectivity index (χ4n) is 1.84. The molecule has 0 bridgehead atoms. The maximum absolute atomic E-state index is 12.0. The first-order valence-electron chi connectivity index (χ1n) is 5.68. The van der Waals surface area contributed by atoms with Crippen molar-refractivity contribution in [2.45, 2.75) is 32.4 Å². The van der Waals surface area contributed by atoms with Gasteiger partial charge < -0.3 is 10.0 Å². The number of rotatable bonds is 4. The molecule has 1 heterocycles. The van der Waals surface area contributed by atoms with Crippen LogP contribution in [0.2, 0.25) is 0 Å². The second-order valence-corrected chi connectivity index (χ2v) is 6.48. The largest absolute Gasteiger partial charge is 0.480 e. The predicted octanol–water partition coefficient (Wildman–Crippen LogP) is 1.07. The van der Waals surface area contributed by atoms with E-state index in [1.165, 1.54) is 11.8 Å². The van der Waals surface area contributed by atoms with Gasteiger partial charge in [-0.1, -0.05) is 11.8 Å². The van der Waals surface area contributed by atoms with Gasteiger partial charge >= 0.3 is 5.97 Å². The first-order chi connectivity index (χ1) is 8.43. The number of carboxylic acid groups (broad SMARTS) is 1. The molecule has 18 heavy (non-hydrogen) atoms. The number of hydrogen-bond donors (Lipinski definition) is 1. The number of hydrogen-bond acceptors (Lipinski definition) is 5. The molecule has 1 rings (SSSR count). The molecule has 7 heteroatoms. The van der Waals surface area contributed by atoms with Crippen LogP contribution in [0.25, 0.3) is 0 Å². The number of thioether (sulfide) groups is 2. The van der Waals surface area contributed by atoms with Crippen LogP contribution in [-0.4, -0.2) is 56.3 Å². The number of carbonyl (C=O) groups excluding carboxylic acids is 2. The first-order valence-corrected chi connectivity index (χ1v) is 7.82. The lowest BCUT2D eigenvalue weighted by Crippen LogP contribution is -2.54. The molecule has 5 nitrogen and oxygen atoms in total. The molecule has 2 unspecified atom stereocenters. The van der Waals surface area contributed by atoms with E-state index in [0.29, 0.717) is 11.5 Å². The lowest BCUT2D eigenvalue weighted by molar-refractivity contribution is -0.150. The van der Waals surface area contributed by atoms with E-state index in [2.05, 4.69) is 0 Å². The van der Waals surface area contributed by atoms with E-state index in [0.717, 1.165) is 17.5 Å². The summed E-state index contributed by atoms with van der Waals surface area (Å²) in [5.41, 5.74) is 0. The van der Waals surface area contributed by atoms with Crippen molar-refractivity contribution in [3.63, 3.8) is 0 Å². The van der Waals surface area contributed by atoms with Crippen molar-refractivity contribution in [2.75, 3.05) is 17.3 Å². The van der Waals surface area contributed by atoms with Crippen LogP contribution in [0.4, 0.5) is 0 Å². The van der Waals surface area contributed by atoms with Crippen molar-refractivity contribution in [2.24, 2.45) is 0 Å². The highest BCUT2D eigenvalue weighted by Gasteiger charge is 2.36. The molecular weight excluding hydrogens is 274 g/mol. The lowest BCUT2D eigenvalue weighted by Gasteiger charge is -2.38. The van der Waals surface area contributed by atoms with Gasteiger partial charge in [0.05, 0.1) is 0 Å². The maximum Gasteiger partial charge on any atom is 0.327 e. The van der Waals surface area contributed by atoms with Gasteiger partial charge in [0.15, 0.2) is 5.12 Å². The smallest absolute Gasteiger partial charge is 0.327 e. The number of amides is 1. The minimum atomic E-state index is -0.957. The fraction of sp³-hybridized carbons (Fsp3) is 0.727. The number of nitrogens with zero attached hydrogens (tertiary/aromatic N) is 1. The van der Waals surface area contributed by atoms with E-state index in [4.69, 9.17) is 5.11 Å². The molecule has 0 radical (unpaired) electrons. The Kier molecular flexibility index (Phi) is 6.01. The Balaban J connectivity index is 2.60. The highest BCUT2D eigenvalue weighted by molar-refractivity contribution is 8.13. The highest BCUT2D eigenvalue weighted by Crippen LogP contribution is 2.23. The van der Waals surface area contributed by atoms with Gasteiger partial charge in [-0.3, -0.25) is 9.59 Å².